The monoisotopic (exact) mass is 239 g/mol. The Bertz CT molecular complexity index is 367. The molecule has 0 amide bonds. The fourth-order valence-electron chi connectivity index (χ4n) is 2.20. The van der Waals surface area contributed by atoms with E-state index in [9.17, 15) is 0 Å². The Morgan fingerprint density at radius 1 is 1.44 bits per heavy atom. The highest BCUT2D eigenvalue weighted by Crippen LogP contribution is 2.24. The Labute approximate surface area is 102 Å². The molecule has 1 aliphatic heterocycles. The van der Waals surface area contributed by atoms with Gasteiger partial charge in [-0.05, 0) is 26.2 Å². The standard InChI is InChI=1S/C12H18ClN3/c1-3-11-14-10(13)8-12(15-11)16-7-5-4-6-9(16)2/h8-9H,3-7H2,1-2H3. The van der Waals surface area contributed by atoms with Gasteiger partial charge in [0.1, 0.15) is 16.8 Å². The van der Waals surface area contributed by atoms with Crippen molar-refractivity contribution in [2.45, 2.75) is 45.6 Å². The smallest absolute Gasteiger partial charge is 0.134 e. The average Bonchev–Trinajstić information content (AvgIpc) is 2.28. The fourth-order valence-corrected chi connectivity index (χ4v) is 2.39. The molecule has 3 nitrogen and oxygen atoms in total. The number of hydrogen-bond acceptors (Lipinski definition) is 3. The van der Waals surface area contributed by atoms with Crippen molar-refractivity contribution in [1.82, 2.24) is 9.97 Å². The molecule has 4 heteroatoms. The van der Waals surface area contributed by atoms with Gasteiger partial charge < -0.3 is 4.90 Å². The second-order valence-corrected chi connectivity index (χ2v) is 4.74. The first-order chi connectivity index (χ1) is 7.70. The van der Waals surface area contributed by atoms with E-state index in [4.69, 9.17) is 11.6 Å². The zero-order valence-corrected chi connectivity index (χ0v) is 10.7. The average molecular weight is 240 g/mol. The molecule has 1 aromatic heterocycles. The van der Waals surface area contributed by atoms with Crippen molar-refractivity contribution in [2.24, 2.45) is 0 Å². The maximum Gasteiger partial charge on any atom is 0.134 e. The van der Waals surface area contributed by atoms with Gasteiger partial charge in [0.25, 0.3) is 0 Å². The van der Waals surface area contributed by atoms with Crippen LogP contribution in [0.2, 0.25) is 5.15 Å². The normalized spacial score (nSPS) is 21.2. The fraction of sp³-hybridized carbons (Fsp3) is 0.667. The predicted molar refractivity (Wildman–Crippen MR) is 67.1 cm³/mol. The van der Waals surface area contributed by atoms with Crippen molar-refractivity contribution in [3.63, 3.8) is 0 Å². The van der Waals surface area contributed by atoms with Crippen molar-refractivity contribution in [1.29, 1.82) is 0 Å². The zero-order valence-electron chi connectivity index (χ0n) is 9.91. The maximum absolute atomic E-state index is 6.02. The summed E-state index contributed by atoms with van der Waals surface area (Å²) in [5.74, 6) is 1.82. The van der Waals surface area contributed by atoms with E-state index >= 15 is 0 Å². The van der Waals surface area contributed by atoms with E-state index in [1.807, 2.05) is 6.07 Å². The summed E-state index contributed by atoms with van der Waals surface area (Å²) < 4.78 is 0. The third-order valence-electron chi connectivity index (χ3n) is 3.14. The quantitative estimate of drug-likeness (QED) is 0.743. The van der Waals surface area contributed by atoms with Crippen LogP contribution < -0.4 is 4.90 Å². The third kappa shape index (κ3) is 2.46. The molecule has 88 valence electrons. The lowest BCUT2D eigenvalue weighted by molar-refractivity contribution is 0.480. The first kappa shape index (κ1) is 11.6. The van der Waals surface area contributed by atoms with Gasteiger partial charge in [-0.25, -0.2) is 9.97 Å². The minimum Gasteiger partial charge on any atom is -0.354 e. The molecule has 1 aromatic rings. The molecule has 16 heavy (non-hydrogen) atoms. The van der Waals surface area contributed by atoms with Gasteiger partial charge in [0.2, 0.25) is 0 Å². The molecule has 1 saturated heterocycles. The number of hydrogen-bond donors (Lipinski definition) is 0. The Kier molecular flexibility index (Phi) is 3.64. The number of anilines is 1. The molecule has 1 atom stereocenters. The molecular weight excluding hydrogens is 222 g/mol. The summed E-state index contributed by atoms with van der Waals surface area (Å²) >= 11 is 6.02. The van der Waals surface area contributed by atoms with Crippen molar-refractivity contribution >= 4 is 17.4 Å². The van der Waals surface area contributed by atoms with Gasteiger partial charge >= 0.3 is 0 Å². The molecule has 1 fully saturated rings. The van der Waals surface area contributed by atoms with Crippen LogP contribution in [-0.4, -0.2) is 22.6 Å². The number of halogens is 1. The molecular formula is C12H18ClN3. The van der Waals surface area contributed by atoms with Gasteiger partial charge in [0, 0.05) is 25.1 Å². The summed E-state index contributed by atoms with van der Waals surface area (Å²) in [4.78, 5) is 11.1. The first-order valence-electron chi connectivity index (χ1n) is 6.01. The van der Waals surface area contributed by atoms with E-state index in [0.717, 1.165) is 24.6 Å². The third-order valence-corrected chi connectivity index (χ3v) is 3.33. The zero-order chi connectivity index (χ0) is 11.5. The van der Waals surface area contributed by atoms with Crippen LogP contribution >= 0.6 is 11.6 Å². The van der Waals surface area contributed by atoms with Crippen LogP contribution in [0, 0.1) is 0 Å². The van der Waals surface area contributed by atoms with Crippen molar-refractivity contribution in [2.75, 3.05) is 11.4 Å². The molecule has 0 spiro atoms. The highest BCUT2D eigenvalue weighted by molar-refractivity contribution is 6.29. The first-order valence-corrected chi connectivity index (χ1v) is 6.38. The van der Waals surface area contributed by atoms with Gasteiger partial charge in [0.05, 0.1) is 0 Å². The Hall–Kier alpha value is -0.830. The lowest BCUT2D eigenvalue weighted by atomic mass is 10.0. The van der Waals surface area contributed by atoms with Crippen LogP contribution in [0.1, 0.15) is 38.9 Å². The van der Waals surface area contributed by atoms with Gasteiger partial charge in [0.15, 0.2) is 0 Å². The summed E-state index contributed by atoms with van der Waals surface area (Å²) in [5, 5.41) is 0.555. The number of aromatic nitrogens is 2. The van der Waals surface area contributed by atoms with Crippen molar-refractivity contribution < 1.29 is 0 Å². The van der Waals surface area contributed by atoms with Crippen LogP contribution in [0.15, 0.2) is 6.07 Å². The topological polar surface area (TPSA) is 29.0 Å². The highest BCUT2D eigenvalue weighted by Gasteiger charge is 2.20. The van der Waals surface area contributed by atoms with E-state index in [1.165, 1.54) is 19.3 Å². The van der Waals surface area contributed by atoms with E-state index in [0.29, 0.717) is 11.2 Å². The second kappa shape index (κ2) is 5.00. The van der Waals surface area contributed by atoms with Crippen LogP contribution in [0.3, 0.4) is 0 Å². The summed E-state index contributed by atoms with van der Waals surface area (Å²) in [6, 6.07) is 2.44. The maximum atomic E-state index is 6.02. The molecule has 2 rings (SSSR count). The van der Waals surface area contributed by atoms with Crippen molar-refractivity contribution in [3.05, 3.63) is 17.0 Å². The number of aryl methyl sites for hydroxylation is 1. The minimum atomic E-state index is 0.555. The second-order valence-electron chi connectivity index (χ2n) is 4.36. The molecule has 0 saturated carbocycles. The molecule has 0 radical (unpaired) electrons. The Balaban J connectivity index is 2.27. The molecule has 0 aromatic carbocycles. The SMILES string of the molecule is CCc1nc(Cl)cc(N2CCCCC2C)n1. The minimum absolute atomic E-state index is 0.555. The molecule has 1 unspecified atom stereocenters. The molecule has 0 N–H and O–H groups in total. The molecule has 2 heterocycles. The van der Waals surface area contributed by atoms with E-state index in [2.05, 4.69) is 28.7 Å². The summed E-state index contributed by atoms with van der Waals surface area (Å²) in [7, 11) is 0. The number of rotatable bonds is 2. The van der Waals surface area contributed by atoms with E-state index < -0.39 is 0 Å². The molecule has 0 aliphatic carbocycles. The Morgan fingerprint density at radius 2 is 2.25 bits per heavy atom. The predicted octanol–water partition coefficient (Wildman–Crippen LogP) is 3.07. The molecule has 0 bridgehead atoms. The number of piperidine rings is 1. The summed E-state index contributed by atoms with van der Waals surface area (Å²) in [6.07, 6.45) is 4.63. The summed E-state index contributed by atoms with van der Waals surface area (Å²) in [5.41, 5.74) is 0. The van der Waals surface area contributed by atoms with Crippen LogP contribution in [0.25, 0.3) is 0 Å². The van der Waals surface area contributed by atoms with Crippen LogP contribution in [0.5, 0.6) is 0 Å². The lowest BCUT2D eigenvalue weighted by Gasteiger charge is -2.34. The highest BCUT2D eigenvalue weighted by atomic mass is 35.5. The van der Waals surface area contributed by atoms with Gasteiger partial charge in [-0.1, -0.05) is 18.5 Å². The number of nitrogens with zero attached hydrogens (tertiary/aromatic N) is 3. The Morgan fingerprint density at radius 3 is 2.94 bits per heavy atom. The van der Waals surface area contributed by atoms with Crippen LogP contribution in [0.4, 0.5) is 5.82 Å². The van der Waals surface area contributed by atoms with Crippen molar-refractivity contribution in [3.8, 4) is 0 Å². The van der Waals surface area contributed by atoms with Crippen LogP contribution in [-0.2, 0) is 6.42 Å². The summed E-state index contributed by atoms with van der Waals surface area (Å²) in [6.45, 7) is 5.38. The van der Waals surface area contributed by atoms with Gasteiger partial charge in [-0.15, -0.1) is 0 Å². The van der Waals surface area contributed by atoms with Gasteiger partial charge in [-0.2, -0.15) is 0 Å². The van der Waals surface area contributed by atoms with E-state index in [-0.39, 0.29) is 0 Å². The van der Waals surface area contributed by atoms with Gasteiger partial charge in [-0.3, -0.25) is 0 Å². The van der Waals surface area contributed by atoms with E-state index in [1.54, 1.807) is 0 Å². The lowest BCUT2D eigenvalue weighted by Crippen LogP contribution is -2.38. The molecule has 1 aliphatic rings. The largest absolute Gasteiger partial charge is 0.354 e.